The first-order chi connectivity index (χ1) is 10.8. The van der Waals surface area contributed by atoms with Crippen molar-refractivity contribution in [3.63, 3.8) is 0 Å². The number of aromatic nitrogens is 1. The van der Waals surface area contributed by atoms with Crippen molar-refractivity contribution < 1.29 is 13.9 Å². The molecule has 0 aliphatic rings. The van der Waals surface area contributed by atoms with E-state index in [2.05, 4.69) is 9.98 Å². The molecule has 3 aromatic rings. The van der Waals surface area contributed by atoms with E-state index >= 15 is 0 Å². The Labute approximate surface area is 126 Å². The second-order valence-electron chi connectivity index (χ2n) is 4.67. The van der Waals surface area contributed by atoms with Gasteiger partial charge in [0.2, 0.25) is 0 Å². The van der Waals surface area contributed by atoms with Gasteiger partial charge in [0.15, 0.2) is 12.2 Å². The van der Waals surface area contributed by atoms with Crippen molar-refractivity contribution in [1.82, 2.24) is 4.98 Å². The maximum Gasteiger partial charge on any atom is 0.181 e. The van der Waals surface area contributed by atoms with Crippen LogP contribution < -0.4 is 0 Å². The lowest BCUT2D eigenvalue weighted by Crippen LogP contribution is -1.88. The highest BCUT2D eigenvalue weighted by Gasteiger charge is 2.08. The van der Waals surface area contributed by atoms with Crippen LogP contribution in [0.5, 0.6) is 0 Å². The molecule has 0 fully saturated rings. The number of hydrogen-bond donors (Lipinski definition) is 1. The van der Waals surface area contributed by atoms with Crippen molar-refractivity contribution >= 4 is 11.9 Å². The van der Waals surface area contributed by atoms with Gasteiger partial charge in [-0.3, -0.25) is 4.99 Å². The lowest BCUT2D eigenvalue weighted by atomic mass is 10.1. The molecule has 5 heteroatoms. The summed E-state index contributed by atoms with van der Waals surface area (Å²) < 4.78 is 18.1. The number of rotatable bonds is 4. The molecule has 0 spiro atoms. The molecule has 0 atom stereocenters. The summed E-state index contributed by atoms with van der Waals surface area (Å²) in [6, 6.07) is 11.5. The Hall–Kier alpha value is -2.79. The molecular formula is C17H13FN2O2. The number of aliphatic hydroxyl groups is 1. The van der Waals surface area contributed by atoms with Gasteiger partial charge in [0, 0.05) is 11.8 Å². The van der Waals surface area contributed by atoms with Crippen molar-refractivity contribution in [2.45, 2.75) is 6.61 Å². The van der Waals surface area contributed by atoms with E-state index in [9.17, 15) is 9.50 Å². The van der Waals surface area contributed by atoms with Crippen molar-refractivity contribution in [2.75, 3.05) is 0 Å². The summed E-state index contributed by atoms with van der Waals surface area (Å²) in [5, 5.41) is 9.50. The van der Waals surface area contributed by atoms with Crippen LogP contribution in [0.4, 0.5) is 10.1 Å². The van der Waals surface area contributed by atoms with Crippen molar-refractivity contribution in [2.24, 2.45) is 4.99 Å². The van der Waals surface area contributed by atoms with Gasteiger partial charge in [0.25, 0.3) is 0 Å². The summed E-state index contributed by atoms with van der Waals surface area (Å²) in [6.07, 6.45) is 4.58. The quantitative estimate of drug-likeness (QED) is 0.746. The van der Waals surface area contributed by atoms with Crippen molar-refractivity contribution in [3.8, 4) is 11.3 Å². The molecule has 2 aromatic carbocycles. The van der Waals surface area contributed by atoms with E-state index in [0.29, 0.717) is 17.0 Å². The minimum atomic E-state index is -0.281. The van der Waals surface area contributed by atoms with E-state index in [0.717, 1.165) is 11.1 Å². The van der Waals surface area contributed by atoms with E-state index in [1.165, 1.54) is 18.5 Å². The molecular weight excluding hydrogens is 283 g/mol. The van der Waals surface area contributed by atoms with Crippen LogP contribution >= 0.6 is 0 Å². The highest BCUT2D eigenvalue weighted by Crippen LogP contribution is 2.27. The molecule has 0 amide bonds. The van der Waals surface area contributed by atoms with Crippen LogP contribution in [0.15, 0.2) is 64.5 Å². The first kappa shape index (κ1) is 14.2. The van der Waals surface area contributed by atoms with Crippen LogP contribution in [0.2, 0.25) is 0 Å². The lowest BCUT2D eigenvalue weighted by Gasteiger charge is -2.05. The number of aliphatic hydroxyl groups excluding tert-OH is 1. The summed E-state index contributed by atoms with van der Waals surface area (Å²) >= 11 is 0. The predicted molar refractivity (Wildman–Crippen MR) is 81.5 cm³/mol. The Balaban J connectivity index is 1.87. The molecule has 4 nitrogen and oxygen atoms in total. The molecule has 22 heavy (non-hydrogen) atoms. The Bertz CT molecular complexity index is 781. The normalized spacial score (nSPS) is 11.2. The largest absolute Gasteiger partial charge is 0.444 e. The van der Waals surface area contributed by atoms with Crippen LogP contribution in [0.3, 0.4) is 0 Å². The number of benzene rings is 2. The molecule has 1 heterocycles. The smallest absolute Gasteiger partial charge is 0.181 e. The van der Waals surface area contributed by atoms with Crippen LogP contribution in [0, 0.1) is 5.82 Å². The number of aliphatic imine (C=N–C) groups is 1. The average Bonchev–Trinajstić information content (AvgIpc) is 3.08. The third kappa shape index (κ3) is 3.10. The molecule has 1 N–H and O–H groups in total. The lowest BCUT2D eigenvalue weighted by molar-refractivity contribution is 0.282. The number of oxazole rings is 1. The predicted octanol–water partition coefficient (Wildman–Crippen LogP) is 3.72. The second kappa shape index (κ2) is 6.32. The summed E-state index contributed by atoms with van der Waals surface area (Å²) in [6.45, 7) is -0.129. The van der Waals surface area contributed by atoms with Crippen LogP contribution in [-0.2, 0) is 6.61 Å². The third-order valence-electron chi connectivity index (χ3n) is 3.19. The van der Waals surface area contributed by atoms with Crippen LogP contribution in [-0.4, -0.2) is 16.3 Å². The topological polar surface area (TPSA) is 58.6 Å². The van der Waals surface area contributed by atoms with Gasteiger partial charge in [0.05, 0.1) is 18.5 Å². The highest BCUT2D eigenvalue weighted by molar-refractivity contribution is 5.82. The maximum atomic E-state index is 12.8. The molecule has 0 aliphatic heterocycles. The molecule has 110 valence electrons. The monoisotopic (exact) mass is 296 g/mol. The molecule has 0 radical (unpaired) electrons. The Kier molecular flexibility index (Phi) is 4.07. The highest BCUT2D eigenvalue weighted by atomic mass is 19.1. The van der Waals surface area contributed by atoms with E-state index in [1.54, 1.807) is 30.6 Å². The van der Waals surface area contributed by atoms with Crippen molar-refractivity contribution in [1.29, 1.82) is 0 Å². The Morgan fingerprint density at radius 3 is 2.68 bits per heavy atom. The average molecular weight is 296 g/mol. The Morgan fingerprint density at radius 1 is 1.18 bits per heavy atom. The van der Waals surface area contributed by atoms with E-state index in [-0.39, 0.29) is 12.4 Å². The summed E-state index contributed by atoms with van der Waals surface area (Å²) in [5.74, 6) is 0.314. The Morgan fingerprint density at radius 2 is 2.00 bits per heavy atom. The first-order valence-electron chi connectivity index (χ1n) is 6.68. The molecule has 0 bridgehead atoms. The standard InChI is InChI=1S/C17H13FN2O2/c18-14-3-1-12(2-4-14)8-20-15-5-6-16(13(7-15)10-21)17-9-19-11-22-17/h1-9,11,21H,10H2. The van der Waals surface area contributed by atoms with Crippen LogP contribution in [0.25, 0.3) is 11.3 Å². The SMILES string of the molecule is OCc1cc(N=Cc2ccc(F)cc2)ccc1-c1cnco1. The summed E-state index contributed by atoms with van der Waals surface area (Å²) in [7, 11) is 0. The number of halogens is 1. The minimum Gasteiger partial charge on any atom is -0.444 e. The second-order valence-corrected chi connectivity index (χ2v) is 4.67. The van der Waals surface area contributed by atoms with Gasteiger partial charge in [-0.15, -0.1) is 0 Å². The molecule has 0 unspecified atom stereocenters. The zero-order valence-electron chi connectivity index (χ0n) is 11.6. The maximum absolute atomic E-state index is 12.8. The molecule has 1 aromatic heterocycles. The third-order valence-corrected chi connectivity index (χ3v) is 3.19. The first-order valence-corrected chi connectivity index (χ1v) is 6.68. The van der Waals surface area contributed by atoms with Gasteiger partial charge < -0.3 is 9.52 Å². The summed E-state index contributed by atoms with van der Waals surface area (Å²) in [4.78, 5) is 8.20. The van der Waals surface area contributed by atoms with Gasteiger partial charge in [-0.05, 0) is 41.5 Å². The van der Waals surface area contributed by atoms with Gasteiger partial charge >= 0.3 is 0 Å². The van der Waals surface area contributed by atoms with Crippen LogP contribution in [0.1, 0.15) is 11.1 Å². The zero-order valence-corrected chi connectivity index (χ0v) is 11.6. The van der Waals surface area contributed by atoms with E-state index in [1.807, 2.05) is 12.1 Å². The number of nitrogens with zero attached hydrogens (tertiary/aromatic N) is 2. The van der Waals surface area contributed by atoms with Gasteiger partial charge in [0.1, 0.15) is 5.82 Å². The van der Waals surface area contributed by atoms with Gasteiger partial charge in [-0.1, -0.05) is 12.1 Å². The van der Waals surface area contributed by atoms with Gasteiger partial charge in [-0.25, -0.2) is 9.37 Å². The fourth-order valence-electron chi connectivity index (χ4n) is 2.08. The minimum absolute atomic E-state index is 0.129. The molecule has 0 aliphatic carbocycles. The molecule has 0 saturated heterocycles. The van der Waals surface area contributed by atoms with E-state index in [4.69, 9.17) is 4.42 Å². The van der Waals surface area contributed by atoms with Crippen molar-refractivity contribution in [3.05, 3.63) is 72.0 Å². The fourth-order valence-corrected chi connectivity index (χ4v) is 2.08. The van der Waals surface area contributed by atoms with E-state index < -0.39 is 0 Å². The molecule has 3 rings (SSSR count). The fraction of sp³-hybridized carbons (Fsp3) is 0.0588. The molecule has 0 saturated carbocycles. The van der Waals surface area contributed by atoms with Gasteiger partial charge in [-0.2, -0.15) is 0 Å². The summed E-state index contributed by atoms with van der Waals surface area (Å²) in [5.41, 5.74) is 2.97. The number of hydrogen-bond acceptors (Lipinski definition) is 4. The zero-order chi connectivity index (χ0) is 15.4.